The maximum absolute atomic E-state index is 13.1. The van der Waals surface area contributed by atoms with Gasteiger partial charge in [0.15, 0.2) is 0 Å². The van der Waals surface area contributed by atoms with Gasteiger partial charge in [0.2, 0.25) is 0 Å². The molecular formula is C16H19FN2O. The molecule has 4 heteroatoms. The molecule has 0 spiro atoms. The Morgan fingerprint density at radius 2 is 2.15 bits per heavy atom. The lowest BCUT2D eigenvalue weighted by molar-refractivity contribution is 0.169. The van der Waals surface area contributed by atoms with Crippen LogP contribution in [0.15, 0.2) is 42.7 Å². The van der Waals surface area contributed by atoms with Gasteiger partial charge in [-0.15, -0.1) is 0 Å². The van der Waals surface area contributed by atoms with E-state index >= 15 is 0 Å². The fourth-order valence-corrected chi connectivity index (χ4v) is 2.04. The SMILES string of the molecule is CCC(N)C(Oc1ccc(F)cc1C)c1cccnc1. The van der Waals surface area contributed by atoms with Gasteiger partial charge in [0.25, 0.3) is 0 Å². The number of aromatic nitrogens is 1. The minimum absolute atomic E-state index is 0.149. The monoisotopic (exact) mass is 274 g/mol. The van der Waals surface area contributed by atoms with Gasteiger partial charge in [-0.25, -0.2) is 4.39 Å². The van der Waals surface area contributed by atoms with Crippen LogP contribution in [-0.2, 0) is 0 Å². The van der Waals surface area contributed by atoms with Crippen LogP contribution in [-0.4, -0.2) is 11.0 Å². The minimum Gasteiger partial charge on any atom is -0.484 e. The van der Waals surface area contributed by atoms with Crippen molar-refractivity contribution in [3.8, 4) is 5.75 Å². The van der Waals surface area contributed by atoms with Crippen LogP contribution < -0.4 is 10.5 Å². The molecule has 0 aliphatic carbocycles. The highest BCUT2D eigenvalue weighted by Crippen LogP contribution is 2.27. The number of ether oxygens (including phenoxy) is 1. The van der Waals surface area contributed by atoms with E-state index in [1.54, 1.807) is 18.5 Å². The maximum Gasteiger partial charge on any atom is 0.140 e. The van der Waals surface area contributed by atoms with Crippen molar-refractivity contribution in [1.29, 1.82) is 0 Å². The Hall–Kier alpha value is -1.94. The van der Waals surface area contributed by atoms with Gasteiger partial charge in [0.1, 0.15) is 17.7 Å². The van der Waals surface area contributed by atoms with E-state index in [0.29, 0.717) is 5.75 Å². The van der Waals surface area contributed by atoms with Crippen molar-refractivity contribution in [2.45, 2.75) is 32.4 Å². The fourth-order valence-electron chi connectivity index (χ4n) is 2.04. The van der Waals surface area contributed by atoms with Crippen molar-refractivity contribution in [2.75, 3.05) is 0 Å². The van der Waals surface area contributed by atoms with E-state index in [4.69, 9.17) is 10.5 Å². The van der Waals surface area contributed by atoms with Crippen LogP contribution >= 0.6 is 0 Å². The van der Waals surface area contributed by atoms with Gasteiger partial charge in [0.05, 0.1) is 0 Å². The van der Waals surface area contributed by atoms with Crippen molar-refractivity contribution < 1.29 is 9.13 Å². The third-order valence-electron chi connectivity index (χ3n) is 3.26. The number of nitrogens with zero attached hydrogens (tertiary/aromatic N) is 1. The summed E-state index contributed by atoms with van der Waals surface area (Å²) in [5.41, 5.74) is 7.82. The largest absolute Gasteiger partial charge is 0.484 e. The maximum atomic E-state index is 13.1. The second-order valence-electron chi connectivity index (χ2n) is 4.81. The van der Waals surface area contributed by atoms with Crippen LogP contribution in [0.1, 0.15) is 30.6 Å². The van der Waals surface area contributed by atoms with Gasteiger partial charge in [-0.1, -0.05) is 13.0 Å². The van der Waals surface area contributed by atoms with Crippen LogP contribution in [0.3, 0.4) is 0 Å². The number of aryl methyl sites for hydroxylation is 1. The van der Waals surface area contributed by atoms with Crippen molar-refractivity contribution in [1.82, 2.24) is 4.98 Å². The van der Waals surface area contributed by atoms with E-state index in [1.807, 2.05) is 26.0 Å². The molecule has 0 radical (unpaired) electrons. The summed E-state index contributed by atoms with van der Waals surface area (Å²) in [5.74, 6) is 0.372. The molecule has 1 aromatic carbocycles. The molecule has 2 aromatic rings. The molecule has 2 rings (SSSR count). The Balaban J connectivity index is 2.29. The van der Waals surface area contributed by atoms with Crippen molar-refractivity contribution in [3.63, 3.8) is 0 Å². The Morgan fingerprint density at radius 1 is 1.35 bits per heavy atom. The Morgan fingerprint density at radius 3 is 2.75 bits per heavy atom. The normalized spacial score (nSPS) is 13.8. The summed E-state index contributed by atoms with van der Waals surface area (Å²) in [5, 5.41) is 0. The van der Waals surface area contributed by atoms with Crippen LogP contribution in [0, 0.1) is 12.7 Å². The van der Waals surface area contributed by atoms with E-state index in [0.717, 1.165) is 17.5 Å². The summed E-state index contributed by atoms with van der Waals surface area (Å²) in [7, 11) is 0. The average Bonchev–Trinajstić information content (AvgIpc) is 2.46. The highest BCUT2D eigenvalue weighted by atomic mass is 19.1. The number of benzene rings is 1. The molecule has 3 nitrogen and oxygen atoms in total. The number of pyridine rings is 1. The summed E-state index contributed by atoms with van der Waals surface area (Å²) in [6.45, 7) is 3.82. The average molecular weight is 274 g/mol. The molecule has 2 unspecified atom stereocenters. The standard InChI is InChI=1S/C16H19FN2O/c1-3-14(18)16(12-5-4-8-19-10-12)20-15-7-6-13(17)9-11(15)2/h4-10,14,16H,3,18H2,1-2H3. The Labute approximate surface area is 118 Å². The quantitative estimate of drug-likeness (QED) is 0.909. The number of hydrogen-bond donors (Lipinski definition) is 1. The van der Waals surface area contributed by atoms with Crippen LogP contribution in [0.2, 0.25) is 0 Å². The smallest absolute Gasteiger partial charge is 0.140 e. The van der Waals surface area contributed by atoms with E-state index < -0.39 is 0 Å². The van der Waals surface area contributed by atoms with Crippen LogP contribution in [0.25, 0.3) is 0 Å². The number of halogens is 1. The zero-order valence-corrected chi connectivity index (χ0v) is 11.7. The lowest BCUT2D eigenvalue weighted by atomic mass is 10.0. The first kappa shape index (κ1) is 14.5. The highest BCUT2D eigenvalue weighted by molar-refractivity contribution is 5.33. The molecule has 2 atom stereocenters. The van der Waals surface area contributed by atoms with Gasteiger partial charge < -0.3 is 10.5 Å². The molecule has 0 saturated carbocycles. The second-order valence-corrected chi connectivity index (χ2v) is 4.81. The van der Waals surface area contributed by atoms with Crippen molar-refractivity contribution in [3.05, 3.63) is 59.7 Å². The fraction of sp³-hybridized carbons (Fsp3) is 0.312. The molecule has 0 saturated heterocycles. The van der Waals surface area contributed by atoms with E-state index in [1.165, 1.54) is 12.1 Å². The second kappa shape index (κ2) is 6.48. The van der Waals surface area contributed by atoms with Gasteiger partial charge in [-0.05, 0) is 43.2 Å². The summed E-state index contributed by atoms with van der Waals surface area (Å²) >= 11 is 0. The van der Waals surface area contributed by atoms with Gasteiger partial charge in [-0.2, -0.15) is 0 Å². The number of hydrogen-bond acceptors (Lipinski definition) is 3. The highest BCUT2D eigenvalue weighted by Gasteiger charge is 2.21. The predicted molar refractivity (Wildman–Crippen MR) is 77.0 cm³/mol. The molecule has 0 bridgehead atoms. The summed E-state index contributed by atoms with van der Waals surface area (Å²) in [6, 6.07) is 8.12. The summed E-state index contributed by atoms with van der Waals surface area (Å²) in [4.78, 5) is 4.10. The summed E-state index contributed by atoms with van der Waals surface area (Å²) in [6.07, 6.45) is 3.94. The molecular weight excluding hydrogens is 255 g/mol. The third kappa shape index (κ3) is 3.33. The Kier molecular flexibility index (Phi) is 4.69. The molecule has 0 amide bonds. The van der Waals surface area contributed by atoms with Crippen LogP contribution in [0.5, 0.6) is 5.75 Å². The van der Waals surface area contributed by atoms with Crippen LogP contribution in [0.4, 0.5) is 4.39 Å². The molecule has 0 fully saturated rings. The molecule has 106 valence electrons. The third-order valence-corrected chi connectivity index (χ3v) is 3.26. The molecule has 0 aliphatic heterocycles. The zero-order chi connectivity index (χ0) is 14.5. The lowest BCUT2D eigenvalue weighted by Gasteiger charge is -2.25. The molecule has 2 N–H and O–H groups in total. The molecule has 1 heterocycles. The summed E-state index contributed by atoms with van der Waals surface area (Å²) < 4.78 is 19.1. The van der Waals surface area contributed by atoms with Gasteiger partial charge in [-0.3, -0.25) is 4.98 Å². The van der Waals surface area contributed by atoms with E-state index in [9.17, 15) is 4.39 Å². The first-order valence-corrected chi connectivity index (χ1v) is 6.70. The topological polar surface area (TPSA) is 48.1 Å². The molecule has 0 aliphatic rings. The minimum atomic E-state index is -0.294. The van der Waals surface area contributed by atoms with Crippen molar-refractivity contribution in [2.24, 2.45) is 5.73 Å². The van der Waals surface area contributed by atoms with E-state index in [2.05, 4.69) is 4.98 Å². The number of nitrogens with two attached hydrogens (primary N) is 1. The predicted octanol–water partition coefficient (Wildman–Crippen LogP) is 3.39. The van der Waals surface area contributed by atoms with Crippen molar-refractivity contribution >= 4 is 0 Å². The number of rotatable bonds is 5. The van der Waals surface area contributed by atoms with E-state index in [-0.39, 0.29) is 18.0 Å². The first-order valence-electron chi connectivity index (χ1n) is 6.70. The van der Waals surface area contributed by atoms with Gasteiger partial charge >= 0.3 is 0 Å². The molecule has 1 aromatic heterocycles. The Bertz CT molecular complexity index is 560. The lowest BCUT2D eigenvalue weighted by Crippen LogP contribution is -2.31. The zero-order valence-electron chi connectivity index (χ0n) is 11.7. The molecule has 20 heavy (non-hydrogen) atoms. The first-order chi connectivity index (χ1) is 9.61. The van der Waals surface area contributed by atoms with Gasteiger partial charge in [0, 0.05) is 24.0 Å².